The monoisotopic (exact) mass is 166 g/mol. The van der Waals surface area contributed by atoms with E-state index in [1.54, 1.807) is 13.0 Å². The average Bonchev–Trinajstić information content (AvgIpc) is 1.84. The van der Waals surface area contributed by atoms with E-state index in [0.717, 1.165) is 12.8 Å². The van der Waals surface area contributed by atoms with Gasteiger partial charge in [0.1, 0.15) is 0 Å². The molecule has 0 aromatic rings. The summed E-state index contributed by atoms with van der Waals surface area (Å²) >= 11 is 0. The van der Waals surface area contributed by atoms with Crippen molar-refractivity contribution in [2.24, 2.45) is 0 Å². The van der Waals surface area contributed by atoms with Gasteiger partial charge in [-0.05, 0) is 46.6 Å². The van der Waals surface area contributed by atoms with Gasteiger partial charge in [-0.15, -0.1) is 0 Å². The van der Waals surface area contributed by atoms with E-state index in [2.05, 4.69) is 19.9 Å². The van der Waals surface area contributed by atoms with Gasteiger partial charge in [0.2, 0.25) is 0 Å². The lowest BCUT2D eigenvalue weighted by atomic mass is 10.1. The molecular formula is C11H18O. The van der Waals surface area contributed by atoms with E-state index >= 15 is 0 Å². The molecule has 0 aliphatic carbocycles. The second kappa shape index (κ2) is 5.76. The Balaban J connectivity index is 3.79. The standard InChI is InChI=1S/C11H18O/c1-9(2)6-5-7-10(3)8-11(4)12/h6,8H,5,7H2,1-4H3. The van der Waals surface area contributed by atoms with Gasteiger partial charge in [-0.25, -0.2) is 0 Å². The molecule has 12 heavy (non-hydrogen) atoms. The van der Waals surface area contributed by atoms with Gasteiger partial charge in [-0.1, -0.05) is 17.2 Å². The molecule has 0 amide bonds. The Bertz CT molecular complexity index is 205. The van der Waals surface area contributed by atoms with Gasteiger partial charge in [-0.2, -0.15) is 0 Å². The molecule has 1 nitrogen and oxygen atoms in total. The number of carbonyl (C=O) groups excluding carboxylic acids is 1. The zero-order valence-electron chi connectivity index (χ0n) is 8.48. The molecular weight excluding hydrogens is 148 g/mol. The topological polar surface area (TPSA) is 17.1 Å². The molecule has 0 aliphatic rings. The van der Waals surface area contributed by atoms with Crippen molar-refractivity contribution < 1.29 is 4.79 Å². The summed E-state index contributed by atoms with van der Waals surface area (Å²) in [6.45, 7) is 7.76. The molecule has 0 fully saturated rings. The van der Waals surface area contributed by atoms with Crippen molar-refractivity contribution in [1.82, 2.24) is 0 Å². The first-order valence-corrected chi connectivity index (χ1v) is 4.33. The first-order chi connectivity index (χ1) is 5.52. The summed E-state index contributed by atoms with van der Waals surface area (Å²) in [4.78, 5) is 10.7. The highest BCUT2D eigenvalue weighted by Crippen LogP contribution is 2.06. The third kappa shape index (κ3) is 7.26. The molecule has 0 spiro atoms. The van der Waals surface area contributed by atoms with E-state index in [4.69, 9.17) is 0 Å². The SMILES string of the molecule is CC(=O)C=C(C)CCC=C(C)C. The van der Waals surface area contributed by atoms with Crippen molar-refractivity contribution >= 4 is 5.78 Å². The molecule has 0 heterocycles. The number of carbonyl (C=O) groups is 1. The van der Waals surface area contributed by atoms with Crippen LogP contribution in [0.4, 0.5) is 0 Å². The lowest BCUT2D eigenvalue weighted by molar-refractivity contribution is -0.112. The van der Waals surface area contributed by atoms with Gasteiger partial charge < -0.3 is 0 Å². The van der Waals surface area contributed by atoms with Gasteiger partial charge in [0, 0.05) is 0 Å². The highest BCUT2D eigenvalue weighted by atomic mass is 16.1. The van der Waals surface area contributed by atoms with E-state index in [9.17, 15) is 4.79 Å². The largest absolute Gasteiger partial charge is 0.295 e. The predicted molar refractivity (Wildman–Crippen MR) is 53.1 cm³/mol. The van der Waals surface area contributed by atoms with E-state index in [0.29, 0.717) is 0 Å². The van der Waals surface area contributed by atoms with Crippen LogP contribution < -0.4 is 0 Å². The Morgan fingerprint density at radius 3 is 2.17 bits per heavy atom. The molecule has 0 aromatic heterocycles. The molecule has 0 saturated heterocycles. The minimum absolute atomic E-state index is 0.143. The fourth-order valence-corrected chi connectivity index (χ4v) is 1.01. The number of hydrogen-bond acceptors (Lipinski definition) is 1. The van der Waals surface area contributed by atoms with E-state index in [1.165, 1.54) is 11.1 Å². The quantitative estimate of drug-likeness (QED) is 0.462. The predicted octanol–water partition coefficient (Wildman–Crippen LogP) is 3.27. The molecule has 0 radical (unpaired) electrons. The van der Waals surface area contributed by atoms with Crippen LogP contribution in [0, 0.1) is 0 Å². The summed E-state index contributed by atoms with van der Waals surface area (Å²) in [7, 11) is 0. The maximum atomic E-state index is 10.7. The Hall–Kier alpha value is -0.850. The normalized spacial score (nSPS) is 11.2. The molecule has 0 aromatic carbocycles. The molecule has 0 unspecified atom stereocenters. The third-order valence-electron chi connectivity index (χ3n) is 1.54. The summed E-state index contributed by atoms with van der Waals surface area (Å²) in [5, 5.41) is 0. The van der Waals surface area contributed by atoms with Crippen molar-refractivity contribution in [2.75, 3.05) is 0 Å². The molecule has 0 saturated carbocycles. The van der Waals surface area contributed by atoms with Gasteiger partial charge in [0.05, 0.1) is 0 Å². The summed E-state index contributed by atoms with van der Waals surface area (Å²) in [6.07, 6.45) is 5.93. The van der Waals surface area contributed by atoms with Crippen LogP contribution in [-0.2, 0) is 4.79 Å². The van der Waals surface area contributed by atoms with E-state index < -0.39 is 0 Å². The summed E-state index contributed by atoms with van der Waals surface area (Å²) in [5.74, 6) is 0.143. The average molecular weight is 166 g/mol. The maximum absolute atomic E-state index is 10.7. The van der Waals surface area contributed by atoms with Gasteiger partial charge in [0.15, 0.2) is 5.78 Å². The van der Waals surface area contributed by atoms with Crippen molar-refractivity contribution in [1.29, 1.82) is 0 Å². The molecule has 0 N–H and O–H groups in total. The summed E-state index contributed by atoms with van der Waals surface area (Å²) in [6, 6.07) is 0. The number of ketones is 1. The van der Waals surface area contributed by atoms with Gasteiger partial charge in [-0.3, -0.25) is 4.79 Å². The zero-order valence-corrected chi connectivity index (χ0v) is 8.48. The molecule has 0 bridgehead atoms. The Kier molecular flexibility index (Phi) is 5.35. The fraction of sp³-hybridized carbons (Fsp3) is 0.545. The number of allylic oxidation sites excluding steroid dienone is 4. The molecule has 0 rings (SSSR count). The Labute approximate surface area is 75.2 Å². The molecule has 0 aliphatic heterocycles. The minimum Gasteiger partial charge on any atom is -0.295 e. The lowest BCUT2D eigenvalue weighted by Gasteiger charge is -1.96. The molecule has 1 heteroatoms. The maximum Gasteiger partial charge on any atom is 0.152 e. The van der Waals surface area contributed by atoms with Crippen molar-refractivity contribution in [3.8, 4) is 0 Å². The summed E-state index contributed by atoms with van der Waals surface area (Å²) < 4.78 is 0. The highest BCUT2D eigenvalue weighted by molar-refractivity contribution is 5.87. The van der Waals surface area contributed by atoms with Gasteiger partial charge in [0.25, 0.3) is 0 Å². The van der Waals surface area contributed by atoms with Crippen molar-refractivity contribution in [3.05, 3.63) is 23.3 Å². The molecule has 68 valence electrons. The van der Waals surface area contributed by atoms with Crippen LogP contribution in [0.5, 0.6) is 0 Å². The van der Waals surface area contributed by atoms with Crippen LogP contribution in [0.2, 0.25) is 0 Å². The van der Waals surface area contributed by atoms with Crippen LogP contribution in [0.1, 0.15) is 40.5 Å². The highest BCUT2D eigenvalue weighted by Gasteiger charge is 1.90. The van der Waals surface area contributed by atoms with E-state index in [-0.39, 0.29) is 5.78 Å². The Morgan fingerprint density at radius 2 is 1.75 bits per heavy atom. The number of hydrogen-bond donors (Lipinski definition) is 0. The number of rotatable bonds is 4. The lowest BCUT2D eigenvalue weighted by Crippen LogP contribution is -1.85. The summed E-state index contributed by atoms with van der Waals surface area (Å²) in [5.41, 5.74) is 2.51. The Morgan fingerprint density at radius 1 is 1.17 bits per heavy atom. The fourth-order valence-electron chi connectivity index (χ4n) is 1.01. The first kappa shape index (κ1) is 11.2. The van der Waals surface area contributed by atoms with Crippen LogP contribution in [0.3, 0.4) is 0 Å². The van der Waals surface area contributed by atoms with Crippen molar-refractivity contribution in [2.45, 2.75) is 40.5 Å². The minimum atomic E-state index is 0.143. The molecule has 0 atom stereocenters. The smallest absolute Gasteiger partial charge is 0.152 e. The van der Waals surface area contributed by atoms with Crippen LogP contribution in [0.25, 0.3) is 0 Å². The van der Waals surface area contributed by atoms with E-state index in [1.807, 2.05) is 6.92 Å². The van der Waals surface area contributed by atoms with Crippen LogP contribution in [0.15, 0.2) is 23.3 Å². The van der Waals surface area contributed by atoms with Crippen LogP contribution in [-0.4, -0.2) is 5.78 Å². The second-order valence-electron chi connectivity index (χ2n) is 3.42. The second-order valence-corrected chi connectivity index (χ2v) is 3.42. The van der Waals surface area contributed by atoms with Crippen molar-refractivity contribution in [3.63, 3.8) is 0 Å². The van der Waals surface area contributed by atoms with Crippen LogP contribution >= 0.6 is 0 Å². The third-order valence-corrected chi connectivity index (χ3v) is 1.54. The zero-order chi connectivity index (χ0) is 9.56. The van der Waals surface area contributed by atoms with Gasteiger partial charge >= 0.3 is 0 Å². The first-order valence-electron chi connectivity index (χ1n) is 4.33.